The molecule has 2 aromatic rings. The Hall–Kier alpha value is -2.34. The van der Waals surface area contributed by atoms with Crippen LogP contribution < -0.4 is 0 Å². The number of aryl methyl sites for hydroxylation is 1. The molecule has 1 aliphatic carbocycles. The molecule has 2 atom stereocenters. The number of nitrogens with zero attached hydrogens (tertiary/aromatic N) is 4. The number of carbonyl (C=O) groups excluding carboxylic acids is 1. The molecule has 0 radical (unpaired) electrons. The monoisotopic (exact) mass is 352 g/mol. The van der Waals surface area contributed by atoms with Gasteiger partial charge in [0.05, 0.1) is 18.5 Å². The first kappa shape index (κ1) is 17.1. The van der Waals surface area contributed by atoms with Gasteiger partial charge in [0.15, 0.2) is 0 Å². The second kappa shape index (κ2) is 7.50. The molecule has 1 aliphatic heterocycles. The van der Waals surface area contributed by atoms with E-state index >= 15 is 0 Å². The standard InChI is InChI=1S/C20H24N4O2/c1-14-8-23-19(9-22-14)20(25)24-10-17(13-26-12-15-2-3-15)18(11-24)16-4-6-21-7-5-16/h4-9,15,17-18H,2-3,10-13H2,1H3/t17-,18-/m0/s1. The summed E-state index contributed by atoms with van der Waals surface area (Å²) < 4.78 is 5.96. The molecule has 0 N–H and O–H groups in total. The maximum Gasteiger partial charge on any atom is 0.274 e. The second-order valence-corrected chi connectivity index (χ2v) is 7.38. The summed E-state index contributed by atoms with van der Waals surface area (Å²) in [5, 5.41) is 0. The lowest BCUT2D eigenvalue weighted by Gasteiger charge is -2.18. The van der Waals surface area contributed by atoms with Gasteiger partial charge >= 0.3 is 0 Å². The first-order valence-corrected chi connectivity index (χ1v) is 9.26. The Kier molecular flexibility index (Phi) is 4.93. The summed E-state index contributed by atoms with van der Waals surface area (Å²) in [5.41, 5.74) is 2.43. The van der Waals surface area contributed by atoms with E-state index in [-0.39, 0.29) is 11.8 Å². The molecule has 6 nitrogen and oxygen atoms in total. The second-order valence-electron chi connectivity index (χ2n) is 7.38. The van der Waals surface area contributed by atoms with Crippen LogP contribution in [-0.2, 0) is 4.74 Å². The van der Waals surface area contributed by atoms with E-state index in [4.69, 9.17) is 4.74 Å². The van der Waals surface area contributed by atoms with Crippen molar-refractivity contribution in [2.24, 2.45) is 11.8 Å². The van der Waals surface area contributed by atoms with Crippen LogP contribution in [0.15, 0.2) is 36.9 Å². The van der Waals surface area contributed by atoms with Crippen molar-refractivity contribution < 1.29 is 9.53 Å². The SMILES string of the molecule is Cc1cnc(C(=O)N2C[C@@H](COCC3CC3)[C@H](c3ccncc3)C2)cn1. The predicted molar refractivity (Wildman–Crippen MR) is 96.7 cm³/mol. The van der Waals surface area contributed by atoms with Crippen molar-refractivity contribution in [3.63, 3.8) is 0 Å². The van der Waals surface area contributed by atoms with Crippen molar-refractivity contribution in [3.8, 4) is 0 Å². The fraction of sp³-hybridized carbons (Fsp3) is 0.500. The van der Waals surface area contributed by atoms with Crippen LogP contribution in [0.1, 0.15) is 40.5 Å². The van der Waals surface area contributed by atoms with Crippen molar-refractivity contribution in [2.75, 3.05) is 26.3 Å². The number of carbonyl (C=O) groups is 1. The van der Waals surface area contributed by atoms with Crippen molar-refractivity contribution in [1.82, 2.24) is 19.9 Å². The van der Waals surface area contributed by atoms with E-state index in [1.54, 1.807) is 12.4 Å². The predicted octanol–water partition coefficient (Wildman–Crippen LogP) is 2.46. The van der Waals surface area contributed by atoms with Gasteiger partial charge < -0.3 is 9.64 Å². The van der Waals surface area contributed by atoms with Crippen molar-refractivity contribution in [3.05, 3.63) is 53.9 Å². The van der Waals surface area contributed by atoms with Crippen LogP contribution in [0.3, 0.4) is 0 Å². The minimum absolute atomic E-state index is 0.0544. The van der Waals surface area contributed by atoms with Gasteiger partial charge in [-0.05, 0) is 43.4 Å². The molecule has 0 bridgehead atoms. The number of hydrogen-bond donors (Lipinski definition) is 0. The number of hydrogen-bond acceptors (Lipinski definition) is 5. The third-order valence-electron chi connectivity index (χ3n) is 5.24. The first-order chi connectivity index (χ1) is 12.7. The Balaban J connectivity index is 1.48. The number of rotatable bonds is 6. The maximum absolute atomic E-state index is 12.8. The minimum atomic E-state index is -0.0544. The van der Waals surface area contributed by atoms with Crippen LogP contribution in [-0.4, -0.2) is 52.1 Å². The fourth-order valence-corrected chi connectivity index (χ4v) is 3.53. The highest BCUT2D eigenvalue weighted by atomic mass is 16.5. The Labute approximate surface area is 153 Å². The molecule has 26 heavy (non-hydrogen) atoms. The third kappa shape index (κ3) is 3.90. The minimum Gasteiger partial charge on any atom is -0.381 e. The molecular weight excluding hydrogens is 328 g/mol. The molecule has 2 aliphatic rings. The Morgan fingerprint density at radius 3 is 2.65 bits per heavy atom. The fourth-order valence-electron chi connectivity index (χ4n) is 3.53. The quantitative estimate of drug-likeness (QED) is 0.799. The molecular formula is C20H24N4O2. The zero-order valence-corrected chi connectivity index (χ0v) is 15.0. The zero-order chi connectivity index (χ0) is 17.9. The van der Waals surface area contributed by atoms with Gasteiger partial charge in [0, 0.05) is 50.1 Å². The summed E-state index contributed by atoms with van der Waals surface area (Å²) >= 11 is 0. The summed E-state index contributed by atoms with van der Waals surface area (Å²) in [4.78, 5) is 27.3. The Morgan fingerprint density at radius 2 is 1.96 bits per heavy atom. The van der Waals surface area contributed by atoms with Gasteiger partial charge in [-0.1, -0.05) is 0 Å². The zero-order valence-electron chi connectivity index (χ0n) is 15.0. The maximum atomic E-state index is 12.8. The van der Waals surface area contributed by atoms with Crippen LogP contribution in [0, 0.1) is 18.8 Å². The van der Waals surface area contributed by atoms with Crippen molar-refractivity contribution >= 4 is 5.91 Å². The molecule has 6 heteroatoms. The number of ether oxygens (including phenoxy) is 1. The number of aromatic nitrogens is 3. The average molecular weight is 352 g/mol. The summed E-state index contributed by atoms with van der Waals surface area (Å²) in [7, 11) is 0. The Bertz CT molecular complexity index is 746. The molecule has 3 heterocycles. The molecule has 0 unspecified atom stereocenters. The Morgan fingerprint density at radius 1 is 1.15 bits per heavy atom. The molecule has 0 spiro atoms. The van der Waals surface area contributed by atoms with Crippen molar-refractivity contribution in [1.29, 1.82) is 0 Å². The summed E-state index contributed by atoms with van der Waals surface area (Å²) in [5.74, 6) is 1.25. The van der Waals surface area contributed by atoms with Gasteiger partial charge in [-0.15, -0.1) is 0 Å². The van der Waals surface area contributed by atoms with E-state index < -0.39 is 0 Å². The van der Waals surface area contributed by atoms with E-state index in [0.29, 0.717) is 31.3 Å². The lowest BCUT2D eigenvalue weighted by atomic mass is 9.90. The van der Waals surface area contributed by atoms with Gasteiger partial charge in [0.1, 0.15) is 5.69 Å². The molecule has 2 fully saturated rings. The van der Waals surface area contributed by atoms with E-state index in [9.17, 15) is 4.79 Å². The molecule has 2 aromatic heterocycles. The van der Waals surface area contributed by atoms with Gasteiger partial charge in [-0.25, -0.2) is 4.98 Å². The van der Waals surface area contributed by atoms with Gasteiger partial charge in [0.25, 0.3) is 5.91 Å². The van der Waals surface area contributed by atoms with Gasteiger partial charge in [-0.2, -0.15) is 0 Å². The van der Waals surface area contributed by atoms with E-state index in [1.165, 1.54) is 18.4 Å². The highest BCUT2D eigenvalue weighted by Crippen LogP contribution is 2.34. The van der Waals surface area contributed by atoms with Crippen LogP contribution in [0.5, 0.6) is 0 Å². The lowest BCUT2D eigenvalue weighted by molar-refractivity contribution is 0.0734. The van der Waals surface area contributed by atoms with E-state index in [1.807, 2.05) is 36.4 Å². The van der Waals surface area contributed by atoms with Crippen molar-refractivity contribution in [2.45, 2.75) is 25.7 Å². The molecule has 1 saturated carbocycles. The summed E-state index contributed by atoms with van der Waals surface area (Å²) in [6, 6.07) is 4.08. The number of likely N-dealkylation sites (tertiary alicyclic amines) is 1. The molecule has 1 saturated heterocycles. The third-order valence-corrected chi connectivity index (χ3v) is 5.24. The lowest BCUT2D eigenvalue weighted by Crippen LogP contribution is -2.30. The number of amides is 1. The van der Waals surface area contributed by atoms with Crippen LogP contribution in [0.2, 0.25) is 0 Å². The smallest absolute Gasteiger partial charge is 0.274 e. The highest BCUT2D eigenvalue weighted by Gasteiger charge is 2.37. The average Bonchev–Trinajstić information content (AvgIpc) is 3.40. The van der Waals surface area contributed by atoms with Gasteiger partial charge in [0.2, 0.25) is 0 Å². The summed E-state index contributed by atoms with van der Waals surface area (Å²) in [6.07, 6.45) is 9.40. The van der Waals surface area contributed by atoms with E-state index in [0.717, 1.165) is 18.2 Å². The van der Waals surface area contributed by atoms with E-state index in [2.05, 4.69) is 15.0 Å². The normalized spacial score (nSPS) is 22.6. The molecule has 4 rings (SSSR count). The summed E-state index contributed by atoms with van der Waals surface area (Å²) in [6.45, 7) is 4.76. The van der Waals surface area contributed by atoms with Gasteiger partial charge in [-0.3, -0.25) is 14.8 Å². The highest BCUT2D eigenvalue weighted by molar-refractivity contribution is 5.92. The molecule has 136 valence electrons. The molecule has 0 aromatic carbocycles. The number of pyridine rings is 1. The van der Waals surface area contributed by atoms with Crippen LogP contribution in [0.4, 0.5) is 0 Å². The largest absolute Gasteiger partial charge is 0.381 e. The molecule has 1 amide bonds. The first-order valence-electron chi connectivity index (χ1n) is 9.26. The van der Waals surface area contributed by atoms with Crippen LogP contribution >= 0.6 is 0 Å². The van der Waals surface area contributed by atoms with Crippen LogP contribution in [0.25, 0.3) is 0 Å². The topological polar surface area (TPSA) is 68.2 Å².